The SMILES string of the molecule is Cc1cc2c(c(=O)n1C)C(c1ccc(O)c(Cl)c1)CC(=O)O2. The van der Waals surface area contributed by atoms with Crippen molar-refractivity contribution in [2.75, 3.05) is 0 Å². The van der Waals surface area contributed by atoms with Gasteiger partial charge in [-0.1, -0.05) is 17.7 Å². The van der Waals surface area contributed by atoms with E-state index < -0.39 is 11.9 Å². The molecule has 0 radical (unpaired) electrons. The molecule has 1 N–H and O–H groups in total. The summed E-state index contributed by atoms with van der Waals surface area (Å²) in [6, 6.07) is 6.37. The van der Waals surface area contributed by atoms with Crippen LogP contribution in [-0.4, -0.2) is 15.6 Å². The van der Waals surface area contributed by atoms with Crippen LogP contribution in [0.15, 0.2) is 29.1 Å². The number of phenolic OH excluding ortho intramolecular Hbond substituents is 1. The Morgan fingerprint density at radius 2 is 2.05 bits per heavy atom. The molecule has 3 rings (SSSR count). The topological polar surface area (TPSA) is 68.5 Å². The van der Waals surface area contributed by atoms with E-state index in [1.165, 1.54) is 10.6 Å². The number of benzene rings is 1. The molecule has 22 heavy (non-hydrogen) atoms. The Labute approximate surface area is 131 Å². The molecule has 1 aliphatic rings. The average Bonchev–Trinajstić information content (AvgIpc) is 2.46. The number of nitrogens with zero attached hydrogens (tertiary/aromatic N) is 1. The van der Waals surface area contributed by atoms with Crippen LogP contribution >= 0.6 is 11.6 Å². The maximum absolute atomic E-state index is 12.6. The van der Waals surface area contributed by atoms with Crippen LogP contribution in [0.2, 0.25) is 5.02 Å². The molecule has 0 saturated carbocycles. The summed E-state index contributed by atoms with van der Waals surface area (Å²) in [6.45, 7) is 1.77. The highest BCUT2D eigenvalue weighted by atomic mass is 35.5. The largest absolute Gasteiger partial charge is 0.506 e. The molecule has 1 aromatic carbocycles. The smallest absolute Gasteiger partial charge is 0.312 e. The minimum atomic E-state index is -0.436. The molecule has 6 heteroatoms. The Morgan fingerprint density at radius 3 is 2.73 bits per heavy atom. The number of esters is 1. The van der Waals surface area contributed by atoms with Gasteiger partial charge in [-0.2, -0.15) is 0 Å². The number of pyridine rings is 1. The Hall–Kier alpha value is -2.27. The third-order valence-electron chi connectivity index (χ3n) is 3.99. The number of hydrogen-bond acceptors (Lipinski definition) is 4. The Kier molecular flexibility index (Phi) is 3.45. The number of phenols is 1. The Morgan fingerprint density at radius 1 is 1.32 bits per heavy atom. The zero-order valence-electron chi connectivity index (χ0n) is 12.1. The molecule has 1 unspecified atom stereocenters. The molecule has 2 aromatic rings. The number of halogens is 1. The van der Waals surface area contributed by atoms with Gasteiger partial charge in [0.15, 0.2) is 0 Å². The molecule has 1 atom stereocenters. The minimum Gasteiger partial charge on any atom is -0.506 e. The van der Waals surface area contributed by atoms with Crippen LogP contribution in [0.3, 0.4) is 0 Å². The van der Waals surface area contributed by atoms with Gasteiger partial charge in [0.2, 0.25) is 0 Å². The summed E-state index contributed by atoms with van der Waals surface area (Å²) in [4.78, 5) is 24.4. The summed E-state index contributed by atoms with van der Waals surface area (Å²) in [5.41, 5.74) is 1.65. The number of aromatic hydroxyl groups is 1. The second kappa shape index (κ2) is 5.18. The fourth-order valence-corrected chi connectivity index (χ4v) is 2.86. The van der Waals surface area contributed by atoms with Crippen molar-refractivity contribution in [3.05, 3.63) is 56.5 Å². The lowest BCUT2D eigenvalue weighted by atomic mass is 9.87. The highest BCUT2D eigenvalue weighted by Crippen LogP contribution is 2.38. The van der Waals surface area contributed by atoms with Crippen LogP contribution in [0.5, 0.6) is 11.5 Å². The van der Waals surface area contributed by atoms with Crippen molar-refractivity contribution in [1.29, 1.82) is 0 Å². The van der Waals surface area contributed by atoms with Gasteiger partial charge in [0.05, 0.1) is 17.0 Å². The number of aryl methyl sites for hydroxylation is 1. The number of hydrogen-bond donors (Lipinski definition) is 1. The van der Waals surface area contributed by atoms with Gasteiger partial charge in [0.25, 0.3) is 5.56 Å². The zero-order chi connectivity index (χ0) is 16.0. The van der Waals surface area contributed by atoms with E-state index in [0.29, 0.717) is 22.6 Å². The second-order valence-corrected chi connectivity index (χ2v) is 5.78. The molecule has 0 spiro atoms. The standard InChI is InChI=1S/C16H14ClNO4/c1-8-5-13-15(16(21)18(8)2)10(7-14(20)22-13)9-3-4-12(19)11(17)6-9/h3-6,10,19H,7H2,1-2H3. The van der Waals surface area contributed by atoms with E-state index >= 15 is 0 Å². The maximum Gasteiger partial charge on any atom is 0.312 e. The molecule has 0 aliphatic carbocycles. The minimum absolute atomic E-state index is 0.0409. The fourth-order valence-electron chi connectivity index (χ4n) is 2.67. The second-order valence-electron chi connectivity index (χ2n) is 5.37. The number of ether oxygens (including phenoxy) is 1. The number of carbonyl (C=O) groups excluding carboxylic acids is 1. The van der Waals surface area contributed by atoms with Crippen molar-refractivity contribution >= 4 is 17.6 Å². The van der Waals surface area contributed by atoms with E-state index in [2.05, 4.69) is 0 Å². The lowest BCUT2D eigenvalue weighted by molar-refractivity contribution is -0.135. The maximum atomic E-state index is 12.6. The van der Waals surface area contributed by atoms with Crippen LogP contribution in [-0.2, 0) is 11.8 Å². The summed E-state index contributed by atoms with van der Waals surface area (Å²) in [5.74, 6) is -0.574. The van der Waals surface area contributed by atoms with Gasteiger partial charge in [-0.15, -0.1) is 0 Å². The van der Waals surface area contributed by atoms with Gasteiger partial charge in [-0.3, -0.25) is 9.59 Å². The summed E-state index contributed by atoms with van der Waals surface area (Å²) in [5, 5.41) is 9.72. The summed E-state index contributed by atoms with van der Waals surface area (Å²) >= 11 is 5.94. The molecule has 5 nitrogen and oxygen atoms in total. The first kappa shape index (κ1) is 14.7. The lowest BCUT2D eigenvalue weighted by Crippen LogP contribution is -2.31. The number of carbonyl (C=O) groups is 1. The Bertz CT molecular complexity index is 841. The highest BCUT2D eigenvalue weighted by Gasteiger charge is 2.32. The molecular formula is C16H14ClNO4. The first-order valence-electron chi connectivity index (χ1n) is 6.78. The van der Waals surface area contributed by atoms with Crippen molar-refractivity contribution in [1.82, 2.24) is 4.57 Å². The molecule has 0 amide bonds. The third-order valence-corrected chi connectivity index (χ3v) is 4.29. The number of fused-ring (bicyclic) bond motifs is 1. The monoisotopic (exact) mass is 319 g/mol. The van der Waals surface area contributed by atoms with E-state index in [4.69, 9.17) is 16.3 Å². The molecular weight excluding hydrogens is 306 g/mol. The van der Waals surface area contributed by atoms with Crippen LogP contribution in [0.4, 0.5) is 0 Å². The predicted molar refractivity (Wildman–Crippen MR) is 81.6 cm³/mol. The van der Waals surface area contributed by atoms with Gasteiger partial charge < -0.3 is 14.4 Å². The molecule has 0 bridgehead atoms. The molecule has 1 aliphatic heterocycles. The van der Waals surface area contributed by atoms with E-state index in [1.54, 1.807) is 32.2 Å². The molecule has 114 valence electrons. The predicted octanol–water partition coefficient (Wildman–Crippen LogP) is 2.49. The van der Waals surface area contributed by atoms with Crippen molar-refractivity contribution in [2.45, 2.75) is 19.3 Å². The van der Waals surface area contributed by atoms with Crippen LogP contribution in [0, 0.1) is 6.92 Å². The molecule has 0 saturated heterocycles. The number of rotatable bonds is 1. The van der Waals surface area contributed by atoms with Crippen molar-refractivity contribution in [2.24, 2.45) is 7.05 Å². The van der Waals surface area contributed by atoms with Crippen molar-refractivity contribution in [3.8, 4) is 11.5 Å². The van der Waals surface area contributed by atoms with Gasteiger partial charge >= 0.3 is 5.97 Å². The van der Waals surface area contributed by atoms with E-state index in [0.717, 1.165) is 0 Å². The van der Waals surface area contributed by atoms with Gasteiger partial charge in [0, 0.05) is 24.7 Å². The summed E-state index contributed by atoms with van der Waals surface area (Å²) < 4.78 is 6.74. The van der Waals surface area contributed by atoms with Gasteiger partial charge in [-0.25, -0.2) is 0 Å². The first-order valence-corrected chi connectivity index (χ1v) is 7.16. The van der Waals surface area contributed by atoms with Gasteiger partial charge in [-0.05, 0) is 24.6 Å². The first-order chi connectivity index (χ1) is 10.4. The van der Waals surface area contributed by atoms with E-state index in [9.17, 15) is 14.7 Å². The van der Waals surface area contributed by atoms with Gasteiger partial charge in [0.1, 0.15) is 11.5 Å². The Balaban J connectivity index is 2.23. The van der Waals surface area contributed by atoms with Crippen LogP contribution < -0.4 is 10.3 Å². The molecule has 1 aromatic heterocycles. The summed E-state index contributed by atoms with van der Waals surface area (Å²) in [7, 11) is 1.68. The van der Waals surface area contributed by atoms with Crippen molar-refractivity contribution < 1.29 is 14.6 Å². The average molecular weight is 320 g/mol. The summed E-state index contributed by atoms with van der Waals surface area (Å²) in [6.07, 6.45) is 0.0619. The van der Waals surface area contributed by atoms with Crippen molar-refractivity contribution in [3.63, 3.8) is 0 Å². The number of aromatic nitrogens is 1. The normalized spacial score (nSPS) is 17.0. The highest BCUT2D eigenvalue weighted by molar-refractivity contribution is 6.32. The quantitative estimate of drug-likeness (QED) is 0.820. The lowest BCUT2D eigenvalue weighted by Gasteiger charge is -2.25. The van der Waals surface area contributed by atoms with E-state index in [-0.39, 0.29) is 22.8 Å². The zero-order valence-corrected chi connectivity index (χ0v) is 12.8. The van der Waals surface area contributed by atoms with E-state index in [1.807, 2.05) is 0 Å². The molecule has 0 fully saturated rings. The third kappa shape index (κ3) is 2.27. The van der Waals surface area contributed by atoms with Crippen LogP contribution in [0.1, 0.15) is 29.2 Å². The molecule has 2 heterocycles. The fraction of sp³-hybridized carbons (Fsp3) is 0.250. The van der Waals surface area contributed by atoms with Crippen LogP contribution in [0.25, 0.3) is 0 Å².